The van der Waals surface area contributed by atoms with Crippen LogP contribution in [0.1, 0.15) is 39.0 Å². The number of hydrogen-bond donors (Lipinski definition) is 3. The van der Waals surface area contributed by atoms with Gasteiger partial charge in [-0.2, -0.15) is 0 Å². The highest BCUT2D eigenvalue weighted by molar-refractivity contribution is 5.80. The van der Waals surface area contributed by atoms with Crippen molar-refractivity contribution in [3.8, 4) is 12.3 Å². The molecule has 0 bridgehead atoms. The molecule has 2 heterocycles. The molecule has 1 aliphatic carbocycles. The first-order chi connectivity index (χ1) is 11.5. The summed E-state index contributed by atoms with van der Waals surface area (Å²) < 4.78 is 26.6. The second-order valence-corrected chi connectivity index (χ2v) is 7.25. The average molecular weight is 340 g/mol. The normalized spacial score (nSPS) is 40.1. The second kappa shape index (κ2) is 7.34. The van der Waals surface area contributed by atoms with Crippen LogP contribution in [0.5, 0.6) is 0 Å². The van der Waals surface area contributed by atoms with Crippen LogP contribution in [0, 0.1) is 24.2 Å². The van der Waals surface area contributed by atoms with Crippen LogP contribution in [-0.4, -0.2) is 48.2 Å². The maximum atomic E-state index is 13.3. The van der Waals surface area contributed by atoms with Crippen molar-refractivity contribution in [1.29, 1.82) is 0 Å². The fourth-order valence-electron chi connectivity index (χ4n) is 4.14. The summed E-state index contributed by atoms with van der Waals surface area (Å²) >= 11 is 0. The number of amides is 1. The molecule has 134 valence electrons. The maximum Gasteiger partial charge on any atom is 0.255 e. The van der Waals surface area contributed by atoms with Crippen molar-refractivity contribution in [2.24, 2.45) is 11.8 Å². The Balaban J connectivity index is 1.59. The zero-order chi connectivity index (χ0) is 17.3. The first-order valence-electron chi connectivity index (χ1n) is 8.82. The van der Waals surface area contributed by atoms with Gasteiger partial charge in [-0.1, -0.05) is 0 Å². The van der Waals surface area contributed by atoms with Gasteiger partial charge in [0.2, 0.25) is 5.91 Å². The van der Waals surface area contributed by atoms with Gasteiger partial charge in [-0.05, 0) is 39.0 Å². The molecular weight excluding hydrogens is 314 g/mol. The molecule has 0 aromatic heterocycles. The summed E-state index contributed by atoms with van der Waals surface area (Å²) in [7, 11) is 0. The summed E-state index contributed by atoms with van der Waals surface area (Å²) in [6.07, 6.45) is 6.66. The first kappa shape index (κ1) is 17.6. The van der Waals surface area contributed by atoms with E-state index in [0.717, 1.165) is 25.7 Å². The zero-order valence-corrected chi connectivity index (χ0v) is 14.0. The van der Waals surface area contributed by atoms with Crippen LogP contribution in [-0.2, 0) is 4.79 Å². The molecule has 3 rings (SSSR count). The molecule has 1 saturated carbocycles. The molecule has 3 fully saturated rings. The van der Waals surface area contributed by atoms with Crippen LogP contribution in [0.4, 0.5) is 8.78 Å². The van der Waals surface area contributed by atoms with Gasteiger partial charge in [0.1, 0.15) is 0 Å². The standard InChI is InChI=1S/C17H26F2N4O/c1-3-11-4-6-12(7-5-11)22-17(24)13-9-20-23-14(15(18)19)8-10(2)21-16(13)23/h1,10-16,20-21H,4-9H2,2H3,(H,22,24). The third kappa shape index (κ3) is 3.56. The molecule has 3 aliphatic rings. The molecule has 1 amide bonds. The molecule has 2 aliphatic heterocycles. The Kier molecular flexibility index (Phi) is 5.38. The van der Waals surface area contributed by atoms with Crippen molar-refractivity contribution >= 4 is 5.91 Å². The van der Waals surface area contributed by atoms with Crippen LogP contribution >= 0.6 is 0 Å². The highest BCUT2D eigenvalue weighted by Gasteiger charge is 2.48. The van der Waals surface area contributed by atoms with Crippen LogP contribution in [0.2, 0.25) is 0 Å². The molecule has 0 spiro atoms. The number of hydrazine groups is 1. The van der Waals surface area contributed by atoms with Gasteiger partial charge >= 0.3 is 0 Å². The van der Waals surface area contributed by atoms with E-state index in [2.05, 4.69) is 22.0 Å². The molecule has 2 saturated heterocycles. The lowest BCUT2D eigenvalue weighted by atomic mass is 9.86. The van der Waals surface area contributed by atoms with E-state index in [9.17, 15) is 13.6 Å². The van der Waals surface area contributed by atoms with Gasteiger partial charge in [0.15, 0.2) is 0 Å². The highest BCUT2D eigenvalue weighted by Crippen LogP contribution is 2.29. The maximum absolute atomic E-state index is 13.3. The van der Waals surface area contributed by atoms with E-state index in [1.165, 1.54) is 0 Å². The Morgan fingerprint density at radius 1 is 1.33 bits per heavy atom. The van der Waals surface area contributed by atoms with Crippen molar-refractivity contribution in [2.45, 2.75) is 69.7 Å². The Labute approximate surface area is 141 Å². The van der Waals surface area contributed by atoms with Gasteiger partial charge in [-0.15, -0.1) is 12.3 Å². The van der Waals surface area contributed by atoms with Gasteiger partial charge < -0.3 is 5.32 Å². The van der Waals surface area contributed by atoms with Crippen molar-refractivity contribution in [3.63, 3.8) is 0 Å². The van der Waals surface area contributed by atoms with Crippen molar-refractivity contribution in [3.05, 3.63) is 0 Å². The average Bonchev–Trinajstić information content (AvgIpc) is 2.98. The molecule has 4 unspecified atom stereocenters. The molecule has 3 N–H and O–H groups in total. The number of rotatable bonds is 3. The third-order valence-electron chi connectivity index (χ3n) is 5.52. The number of terminal acetylenes is 1. The number of alkyl halides is 2. The van der Waals surface area contributed by atoms with E-state index in [4.69, 9.17) is 6.42 Å². The minimum Gasteiger partial charge on any atom is -0.353 e. The predicted molar refractivity (Wildman–Crippen MR) is 86.8 cm³/mol. The molecule has 0 aromatic carbocycles. The summed E-state index contributed by atoms with van der Waals surface area (Å²) in [5.41, 5.74) is 3.00. The minimum absolute atomic E-state index is 0.0356. The largest absolute Gasteiger partial charge is 0.353 e. The summed E-state index contributed by atoms with van der Waals surface area (Å²) in [6, 6.07) is -0.746. The molecule has 0 aromatic rings. The van der Waals surface area contributed by atoms with E-state index in [-0.39, 0.29) is 30.1 Å². The summed E-state index contributed by atoms with van der Waals surface area (Å²) in [6.45, 7) is 2.28. The van der Waals surface area contributed by atoms with E-state index in [1.54, 1.807) is 5.01 Å². The van der Waals surface area contributed by atoms with Crippen LogP contribution < -0.4 is 16.1 Å². The lowest BCUT2D eigenvalue weighted by Gasteiger charge is -2.41. The number of hydrogen-bond acceptors (Lipinski definition) is 4. The van der Waals surface area contributed by atoms with Crippen molar-refractivity contribution < 1.29 is 13.6 Å². The smallest absolute Gasteiger partial charge is 0.255 e. The van der Waals surface area contributed by atoms with Crippen molar-refractivity contribution in [2.75, 3.05) is 6.54 Å². The monoisotopic (exact) mass is 340 g/mol. The van der Waals surface area contributed by atoms with Gasteiger partial charge in [0, 0.05) is 24.5 Å². The SMILES string of the molecule is C#CC1CCC(NC(=O)C2CNN3C(C(F)F)CC(C)NC23)CC1. The Bertz CT molecular complexity index is 501. The van der Waals surface area contributed by atoms with Crippen LogP contribution in [0.3, 0.4) is 0 Å². The minimum atomic E-state index is -2.43. The van der Waals surface area contributed by atoms with E-state index >= 15 is 0 Å². The lowest BCUT2D eigenvalue weighted by Crippen LogP contribution is -2.63. The number of nitrogens with one attached hydrogen (secondary N) is 3. The molecule has 4 atom stereocenters. The van der Waals surface area contributed by atoms with E-state index in [0.29, 0.717) is 18.9 Å². The van der Waals surface area contributed by atoms with Gasteiger partial charge in [0.25, 0.3) is 6.43 Å². The Morgan fingerprint density at radius 2 is 2.04 bits per heavy atom. The van der Waals surface area contributed by atoms with Crippen LogP contribution in [0.25, 0.3) is 0 Å². The Morgan fingerprint density at radius 3 is 2.67 bits per heavy atom. The molecule has 7 heteroatoms. The quantitative estimate of drug-likeness (QED) is 0.673. The predicted octanol–water partition coefficient (Wildman–Crippen LogP) is 1.07. The topological polar surface area (TPSA) is 56.4 Å². The second-order valence-electron chi connectivity index (χ2n) is 7.25. The Hall–Kier alpha value is -1.23. The van der Waals surface area contributed by atoms with Gasteiger partial charge in [-0.3, -0.25) is 15.5 Å². The fraction of sp³-hybridized carbons (Fsp3) is 0.824. The number of halogens is 2. The highest BCUT2D eigenvalue weighted by atomic mass is 19.3. The number of nitrogens with zero attached hydrogens (tertiary/aromatic N) is 1. The van der Waals surface area contributed by atoms with Gasteiger partial charge in [-0.25, -0.2) is 13.8 Å². The van der Waals surface area contributed by atoms with E-state index < -0.39 is 12.5 Å². The lowest BCUT2D eigenvalue weighted by molar-refractivity contribution is -0.128. The first-order valence-corrected chi connectivity index (χ1v) is 8.82. The summed E-state index contributed by atoms with van der Waals surface area (Å²) in [5, 5.41) is 7.93. The molecule has 0 radical (unpaired) electrons. The number of carbonyl (C=O) groups excluding carboxylic acids is 1. The molecule has 24 heavy (non-hydrogen) atoms. The molecular formula is C17H26F2N4O. The van der Waals surface area contributed by atoms with Crippen molar-refractivity contribution in [1.82, 2.24) is 21.1 Å². The summed E-state index contributed by atoms with van der Waals surface area (Å²) in [4.78, 5) is 12.7. The third-order valence-corrected chi connectivity index (χ3v) is 5.52. The number of carbonyl (C=O) groups is 1. The molecule has 5 nitrogen and oxygen atoms in total. The number of fused-ring (bicyclic) bond motifs is 1. The van der Waals surface area contributed by atoms with E-state index in [1.807, 2.05) is 6.92 Å². The fourth-order valence-corrected chi connectivity index (χ4v) is 4.14. The van der Waals surface area contributed by atoms with Crippen LogP contribution in [0.15, 0.2) is 0 Å². The van der Waals surface area contributed by atoms with Gasteiger partial charge in [0.05, 0.1) is 18.1 Å². The summed E-state index contributed by atoms with van der Waals surface area (Å²) in [5.74, 6) is 2.67. The zero-order valence-electron chi connectivity index (χ0n) is 14.0.